The van der Waals surface area contributed by atoms with E-state index in [1.807, 2.05) is 19.1 Å². The molecule has 146 valence electrons. The summed E-state index contributed by atoms with van der Waals surface area (Å²) in [6.07, 6.45) is -0.586. The highest BCUT2D eigenvalue weighted by Gasteiger charge is 2.31. The molecule has 0 N–H and O–H groups in total. The highest BCUT2D eigenvalue weighted by Crippen LogP contribution is 2.41. The van der Waals surface area contributed by atoms with Crippen molar-refractivity contribution in [2.75, 3.05) is 0 Å². The third-order valence-corrected chi connectivity index (χ3v) is 5.60. The molecule has 0 bridgehead atoms. The van der Waals surface area contributed by atoms with Crippen molar-refractivity contribution in [3.8, 4) is 23.6 Å². The van der Waals surface area contributed by atoms with Crippen molar-refractivity contribution in [2.24, 2.45) is 0 Å². The van der Waals surface area contributed by atoms with Crippen LogP contribution < -0.4 is 9.47 Å². The largest absolute Gasteiger partial charge is 0.487 e. The van der Waals surface area contributed by atoms with E-state index in [1.54, 1.807) is 39.8 Å². The van der Waals surface area contributed by atoms with Crippen molar-refractivity contribution < 1.29 is 17.9 Å². The maximum Gasteiger partial charge on any atom is 0.209 e. The van der Waals surface area contributed by atoms with Crippen molar-refractivity contribution in [3.63, 3.8) is 0 Å². The Bertz CT molecular complexity index is 1060. The quantitative estimate of drug-likeness (QED) is 0.725. The molecule has 0 radical (unpaired) electrons. The molecule has 0 aromatic heterocycles. The van der Waals surface area contributed by atoms with Crippen LogP contribution in [0.1, 0.15) is 44.4 Å². The second-order valence-corrected chi connectivity index (χ2v) is 8.72. The van der Waals surface area contributed by atoms with Gasteiger partial charge in [0.05, 0.1) is 22.7 Å². The molecule has 0 saturated heterocycles. The summed E-state index contributed by atoms with van der Waals surface area (Å²) in [5.41, 5.74) is 0.498. The molecule has 0 spiro atoms. The molecule has 0 aliphatic carbocycles. The van der Waals surface area contributed by atoms with E-state index in [0.717, 1.165) is 5.56 Å². The van der Waals surface area contributed by atoms with Gasteiger partial charge in [0.25, 0.3) is 0 Å². The molecule has 0 aliphatic heterocycles. The maximum atomic E-state index is 13.3. The van der Waals surface area contributed by atoms with Crippen LogP contribution in [0.2, 0.25) is 0 Å². The first-order valence-corrected chi connectivity index (χ1v) is 10.3. The third-order valence-electron chi connectivity index (χ3n) is 3.75. The molecule has 2 aromatic carbocycles. The van der Waals surface area contributed by atoms with E-state index in [2.05, 4.69) is 0 Å². The van der Waals surface area contributed by atoms with Gasteiger partial charge in [-0.1, -0.05) is 17.7 Å². The monoisotopic (exact) mass is 398 g/mol. The average molecular weight is 398 g/mol. The molecule has 0 heterocycles. The lowest BCUT2D eigenvalue weighted by Crippen LogP contribution is -2.15. The smallest absolute Gasteiger partial charge is 0.209 e. The zero-order valence-electron chi connectivity index (χ0n) is 16.5. The van der Waals surface area contributed by atoms with Gasteiger partial charge < -0.3 is 9.47 Å². The lowest BCUT2D eigenvalue weighted by Gasteiger charge is -2.20. The van der Waals surface area contributed by atoms with Crippen molar-refractivity contribution in [2.45, 2.75) is 56.6 Å². The Hall–Kier alpha value is -3.03. The van der Waals surface area contributed by atoms with Crippen LogP contribution in [0.3, 0.4) is 0 Å². The fourth-order valence-electron chi connectivity index (χ4n) is 2.62. The maximum absolute atomic E-state index is 13.3. The van der Waals surface area contributed by atoms with Crippen LogP contribution in [0.4, 0.5) is 0 Å². The molecular formula is C21H22N2O4S. The highest BCUT2D eigenvalue weighted by atomic mass is 32.2. The van der Waals surface area contributed by atoms with E-state index in [1.165, 1.54) is 18.2 Å². The first-order chi connectivity index (χ1) is 13.1. The minimum absolute atomic E-state index is 0.000810. The SMILES string of the molecule is Cc1ccc(S(=O)(=O)c2c(C#N)cc(OC(C)C)c(OC(C)C)c2C#N)cc1. The van der Waals surface area contributed by atoms with Crippen LogP contribution in [0.15, 0.2) is 40.1 Å². The molecule has 0 fully saturated rings. The van der Waals surface area contributed by atoms with Crippen molar-refractivity contribution >= 4 is 9.84 Å². The number of hydrogen-bond donors (Lipinski definition) is 0. The lowest BCUT2D eigenvalue weighted by atomic mass is 10.1. The number of ether oxygens (including phenoxy) is 2. The standard InChI is InChI=1S/C21H22N2O4S/c1-13(2)26-19-10-16(11-22)21(18(12-23)20(19)27-14(3)4)28(24,25)17-8-6-15(5)7-9-17/h6-10,13-14H,1-5H3. The fraction of sp³-hybridized carbons (Fsp3) is 0.333. The number of nitrogens with zero attached hydrogens (tertiary/aromatic N) is 2. The Morgan fingerprint density at radius 2 is 1.50 bits per heavy atom. The normalized spacial score (nSPS) is 11.2. The van der Waals surface area contributed by atoms with E-state index in [-0.39, 0.29) is 44.6 Å². The Balaban J connectivity index is 2.88. The molecule has 28 heavy (non-hydrogen) atoms. The molecule has 7 heteroatoms. The van der Waals surface area contributed by atoms with Gasteiger partial charge in [-0.05, 0) is 46.8 Å². The van der Waals surface area contributed by atoms with Gasteiger partial charge in [0.2, 0.25) is 9.84 Å². The van der Waals surface area contributed by atoms with Gasteiger partial charge in [-0.25, -0.2) is 8.42 Å². The van der Waals surface area contributed by atoms with E-state index in [0.29, 0.717) is 0 Å². The third kappa shape index (κ3) is 4.27. The summed E-state index contributed by atoms with van der Waals surface area (Å²) >= 11 is 0. The zero-order chi connectivity index (χ0) is 21.1. The first-order valence-electron chi connectivity index (χ1n) is 8.78. The first kappa shape index (κ1) is 21.3. The van der Waals surface area contributed by atoms with Crippen LogP contribution in [0.5, 0.6) is 11.5 Å². The van der Waals surface area contributed by atoms with Gasteiger partial charge in [-0.3, -0.25) is 0 Å². The summed E-state index contributed by atoms with van der Waals surface area (Å²) in [6.45, 7) is 8.92. The number of sulfone groups is 1. The Labute approximate surface area is 165 Å². The summed E-state index contributed by atoms with van der Waals surface area (Å²) in [5, 5.41) is 19.4. The molecule has 0 atom stereocenters. The second-order valence-electron chi connectivity index (χ2n) is 6.83. The number of nitriles is 2. The van der Waals surface area contributed by atoms with Gasteiger partial charge in [0.1, 0.15) is 22.6 Å². The van der Waals surface area contributed by atoms with Gasteiger partial charge in [-0.15, -0.1) is 0 Å². The van der Waals surface area contributed by atoms with Crippen LogP contribution in [0, 0.1) is 29.6 Å². The molecule has 0 unspecified atom stereocenters. The summed E-state index contributed by atoms with van der Waals surface area (Å²) < 4.78 is 38.0. The second kappa shape index (κ2) is 8.33. The Morgan fingerprint density at radius 1 is 0.929 bits per heavy atom. The summed E-state index contributed by atoms with van der Waals surface area (Å²) in [7, 11) is -4.13. The predicted molar refractivity (Wildman–Crippen MR) is 104 cm³/mol. The molecule has 6 nitrogen and oxygen atoms in total. The number of benzene rings is 2. The average Bonchev–Trinajstić information content (AvgIpc) is 2.61. The molecule has 0 aliphatic rings. The van der Waals surface area contributed by atoms with Crippen LogP contribution in [-0.4, -0.2) is 20.6 Å². The summed E-state index contributed by atoms with van der Waals surface area (Å²) in [5.74, 6) is 0.190. The number of hydrogen-bond acceptors (Lipinski definition) is 6. The predicted octanol–water partition coefficient (Wildman–Crippen LogP) is 4.15. The van der Waals surface area contributed by atoms with E-state index in [9.17, 15) is 18.9 Å². The van der Waals surface area contributed by atoms with Gasteiger partial charge in [0, 0.05) is 6.07 Å². The topological polar surface area (TPSA) is 100 Å². The van der Waals surface area contributed by atoms with Crippen LogP contribution in [0.25, 0.3) is 0 Å². The minimum atomic E-state index is -4.13. The molecule has 2 rings (SSSR count). The van der Waals surface area contributed by atoms with Gasteiger partial charge in [0.15, 0.2) is 11.5 Å². The van der Waals surface area contributed by atoms with E-state index < -0.39 is 9.84 Å². The van der Waals surface area contributed by atoms with Crippen molar-refractivity contribution in [3.05, 3.63) is 47.0 Å². The summed E-state index contributed by atoms with van der Waals surface area (Å²) in [4.78, 5) is -0.368. The van der Waals surface area contributed by atoms with Crippen LogP contribution >= 0.6 is 0 Å². The minimum Gasteiger partial charge on any atom is -0.487 e. The fourth-order valence-corrected chi connectivity index (χ4v) is 4.15. The Morgan fingerprint density at radius 3 is 1.96 bits per heavy atom. The molecule has 0 saturated carbocycles. The summed E-state index contributed by atoms with van der Waals surface area (Å²) in [6, 6.07) is 11.3. The lowest BCUT2D eigenvalue weighted by molar-refractivity contribution is 0.197. The highest BCUT2D eigenvalue weighted by molar-refractivity contribution is 7.91. The number of rotatable bonds is 6. The van der Waals surface area contributed by atoms with Crippen molar-refractivity contribution in [1.29, 1.82) is 10.5 Å². The number of aryl methyl sites for hydroxylation is 1. The van der Waals surface area contributed by atoms with Gasteiger partial charge in [-0.2, -0.15) is 10.5 Å². The van der Waals surface area contributed by atoms with Gasteiger partial charge >= 0.3 is 0 Å². The van der Waals surface area contributed by atoms with E-state index >= 15 is 0 Å². The molecular weight excluding hydrogens is 376 g/mol. The van der Waals surface area contributed by atoms with E-state index in [4.69, 9.17) is 9.47 Å². The Kier molecular flexibility index (Phi) is 6.33. The molecule has 0 amide bonds. The zero-order valence-corrected chi connectivity index (χ0v) is 17.3. The van der Waals surface area contributed by atoms with Crippen molar-refractivity contribution in [1.82, 2.24) is 0 Å². The molecule has 2 aromatic rings. The van der Waals surface area contributed by atoms with Crippen LogP contribution in [-0.2, 0) is 9.84 Å².